The fraction of sp³-hybridized carbons (Fsp3) is 0.500. The molecule has 4 heteroatoms. The van der Waals surface area contributed by atoms with E-state index < -0.39 is 0 Å². The molecular weight excluding hydrogens is 132 g/mol. The van der Waals surface area contributed by atoms with Crippen LogP contribution in [0.15, 0.2) is 0 Å². The molecule has 0 rings (SSSR count). The summed E-state index contributed by atoms with van der Waals surface area (Å²) in [5.41, 5.74) is 2.36. The van der Waals surface area contributed by atoms with Crippen molar-refractivity contribution in [3.63, 3.8) is 0 Å². The minimum Gasteiger partial charge on any atom is -0.343 e. The topological polar surface area (TPSA) is 50.4 Å². The van der Waals surface area contributed by atoms with E-state index >= 15 is 0 Å². The van der Waals surface area contributed by atoms with E-state index in [1.807, 2.05) is 0 Å². The third-order valence-electron chi connectivity index (χ3n) is 0.735. The van der Waals surface area contributed by atoms with Gasteiger partial charge < -0.3 is 5.32 Å². The fourth-order valence-corrected chi connectivity index (χ4v) is 0.338. The van der Waals surface area contributed by atoms with Crippen LogP contribution in [0.5, 0.6) is 0 Å². The average molecular weight is 142 g/mol. The number of hydrogen-bond acceptors (Lipinski definition) is 3. The van der Waals surface area contributed by atoms with Crippen molar-refractivity contribution in [2.75, 3.05) is 20.2 Å². The van der Waals surface area contributed by atoms with Crippen LogP contribution < -0.4 is 10.8 Å². The summed E-state index contributed by atoms with van der Waals surface area (Å²) in [5, 5.41) is 2.43. The quantitative estimate of drug-likeness (QED) is 0.386. The number of carbonyl (C=O) groups excluding carboxylic acids is 1. The maximum atomic E-state index is 10.6. The molecule has 0 bridgehead atoms. The third kappa shape index (κ3) is 5.09. The predicted octanol–water partition coefficient (Wildman–Crippen LogP) is -1.11. The van der Waals surface area contributed by atoms with Gasteiger partial charge in [-0.15, -0.1) is 6.42 Å². The van der Waals surface area contributed by atoms with Crippen LogP contribution in [-0.2, 0) is 9.63 Å². The largest absolute Gasteiger partial charge is 0.343 e. The summed E-state index contributed by atoms with van der Waals surface area (Å²) in [6.07, 6.45) is 4.88. The summed E-state index contributed by atoms with van der Waals surface area (Å²) in [4.78, 5) is 15.2. The van der Waals surface area contributed by atoms with Gasteiger partial charge in [0.05, 0.1) is 6.54 Å². The van der Waals surface area contributed by atoms with E-state index in [1.165, 1.54) is 0 Å². The number of carbonyl (C=O) groups is 1. The molecule has 4 nitrogen and oxygen atoms in total. The molecule has 56 valence electrons. The second-order valence-corrected chi connectivity index (χ2v) is 1.47. The molecule has 0 fully saturated rings. The van der Waals surface area contributed by atoms with Crippen LogP contribution >= 0.6 is 0 Å². The smallest absolute Gasteiger partial charge is 0.248 e. The monoisotopic (exact) mass is 142 g/mol. The zero-order chi connectivity index (χ0) is 7.82. The van der Waals surface area contributed by atoms with E-state index in [0.717, 1.165) is 0 Å². The van der Waals surface area contributed by atoms with Crippen molar-refractivity contribution < 1.29 is 9.63 Å². The minimum atomic E-state index is -0.229. The molecule has 0 aliphatic heterocycles. The van der Waals surface area contributed by atoms with Gasteiger partial charge in [-0.05, 0) is 0 Å². The second-order valence-electron chi connectivity index (χ2n) is 1.47. The summed E-state index contributed by atoms with van der Waals surface area (Å²) in [7, 11) is 1.58. The molecular formula is C6H10N2O2. The maximum absolute atomic E-state index is 10.6. The first kappa shape index (κ1) is 8.95. The van der Waals surface area contributed by atoms with Crippen molar-refractivity contribution in [3.8, 4) is 12.3 Å². The van der Waals surface area contributed by atoms with Gasteiger partial charge in [-0.2, -0.15) is 0 Å². The van der Waals surface area contributed by atoms with Crippen molar-refractivity contribution in [2.24, 2.45) is 0 Å². The summed E-state index contributed by atoms with van der Waals surface area (Å²) in [5.74, 6) is 2.04. The average Bonchev–Trinajstić information content (AvgIpc) is 1.97. The van der Waals surface area contributed by atoms with Gasteiger partial charge >= 0.3 is 0 Å². The molecule has 0 aromatic rings. The van der Waals surface area contributed by atoms with Crippen molar-refractivity contribution in [2.45, 2.75) is 0 Å². The molecule has 0 spiro atoms. The maximum Gasteiger partial charge on any atom is 0.248 e. The van der Waals surface area contributed by atoms with Gasteiger partial charge in [0.2, 0.25) is 5.91 Å². The molecule has 0 atom stereocenters. The first-order valence-electron chi connectivity index (χ1n) is 2.80. The standard InChI is InChI=1S/C6H10N2O2/c1-3-4-8-6(9)5-10-7-2/h1,7H,4-5H2,2H3,(H,8,9). The highest BCUT2D eigenvalue weighted by molar-refractivity contribution is 5.77. The van der Waals surface area contributed by atoms with Crippen LogP contribution in [0, 0.1) is 12.3 Å². The number of hydrogen-bond donors (Lipinski definition) is 2. The van der Waals surface area contributed by atoms with Crippen molar-refractivity contribution in [1.29, 1.82) is 0 Å². The molecule has 0 saturated carbocycles. The Kier molecular flexibility index (Phi) is 5.44. The summed E-state index contributed by atoms with van der Waals surface area (Å²) < 4.78 is 0. The van der Waals surface area contributed by atoms with E-state index in [2.05, 4.69) is 21.6 Å². The Morgan fingerprint density at radius 2 is 2.50 bits per heavy atom. The molecule has 0 aromatic heterocycles. The number of nitrogens with one attached hydrogen (secondary N) is 2. The Morgan fingerprint density at radius 3 is 3.00 bits per heavy atom. The molecule has 0 aromatic carbocycles. The van der Waals surface area contributed by atoms with E-state index in [-0.39, 0.29) is 19.1 Å². The van der Waals surface area contributed by atoms with Crippen molar-refractivity contribution in [3.05, 3.63) is 0 Å². The zero-order valence-electron chi connectivity index (χ0n) is 5.81. The van der Waals surface area contributed by atoms with Gasteiger partial charge in [0, 0.05) is 7.05 Å². The SMILES string of the molecule is C#CCNC(=O)CONC. The van der Waals surface area contributed by atoms with E-state index in [0.29, 0.717) is 0 Å². The van der Waals surface area contributed by atoms with Gasteiger partial charge in [-0.3, -0.25) is 9.63 Å². The Labute approximate surface area is 59.9 Å². The zero-order valence-corrected chi connectivity index (χ0v) is 5.81. The molecule has 1 amide bonds. The Morgan fingerprint density at radius 1 is 1.80 bits per heavy atom. The normalized spacial score (nSPS) is 8.40. The number of terminal acetylenes is 1. The van der Waals surface area contributed by atoms with Gasteiger partial charge in [-0.1, -0.05) is 5.92 Å². The van der Waals surface area contributed by atoms with Crippen LogP contribution in [0.25, 0.3) is 0 Å². The van der Waals surface area contributed by atoms with Crippen LogP contribution in [0.1, 0.15) is 0 Å². The predicted molar refractivity (Wildman–Crippen MR) is 36.9 cm³/mol. The highest BCUT2D eigenvalue weighted by Gasteiger charge is 1.96. The van der Waals surface area contributed by atoms with E-state index in [1.54, 1.807) is 7.05 Å². The fourth-order valence-electron chi connectivity index (χ4n) is 0.338. The molecule has 2 N–H and O–H groups in total. The molecule has 0 heterocycles. The lowest BCUT2D eigenvalue weighted by Crippen LogP contribution is -2.29. The van der Waals surface area contributed by atoms with Gasteiger partial charge in [-0.25, -0.2) is 5.48 Å². The van der Waals surface area contributed by atoms with Crippen LogP contribution in [0.3, 0.4) is 0 Å². The highest BCUT2D eigenvalue weighted by Crippen LogP contribution is 1.66. The first-order valence-corrected chi connectivity index (χ1v) is 2.80. The summed E-state index contributed by atoms with van der Waals surface area (Å²) in [6.45, 7) is 0.226. The van der Waals surface area contributed by atoms with Gasteiger partial charge in [0.25, 0.3) is 0 Å². The Hall–Kier alpha value is -1.05. The molecule has 0 aliphatic rings. The lowest BCUT2D eigenvalue weighted by molar-refractivity contribution is -0.127. The number of hydroxylamine groups is 1. The van der Waals surface area contributed by atoms with Crippen LogP contribution in [0.2, 0.25) is 0 Å². The Balaban J connectivity index is 3.19. The van der Waals surface area contributed by atoms with E-state index in [4.69, 9.17) is 6.42 Å². The van der Waals surface area contributed by atoms with Gasteiger partial charge in [0.15, 0.2) is 0 Å². The van der Waals surface area contributed by atoms with Crippen LogP contribution in [0.4, 0.5) is 0 Å². The second kappa shape index (κ2) is 6.08. The third-order valence-corrected chi connectivity index (χ3v) is 0.735. The van der Waals surface area contributed by atoms with Crippen molar-refractivity contribution in [1.82, 2.24) is 10.8 Å². The molecule has 0 unspecified atom stereocenters. The summed E-state index contributed by atoms with van der Waals surface area (Å²) >= 11 is 0. The number of rotatable bonds is 4. The lowest BCUT2D eigenvalue weighted by atomic mass is 10.6. The van der Waals surface area contributed by atoms with Crippen molar-refractivity contribution >= 4 is 5.91 Å². The van der Waals surface area contributed by atoms with Crippen LogP contribution in [-0.4, -0.2) is 26.1 Å². The van der Waals surface area contributed by atoms with Gasteiger partial charge in [0.1, 0.15) is 6.61 Å². The number of amides is 1. The molecule has 0 radical (unpaired) electrons. The molecule has 0 aliphatic carbocycles. The lowest BCUT2D eigenvalue weighted by Gasteiger charge is -1.99. The molecule has 0 saturated heterocycles. The first-order chi connectivity index (χ1) is 4.81. The Bertz CT molecular complexity index is 139. The molecule has 10 heavy (non-hydrogen) atoms. The summed E-state index contributed by atoms with van der Waals surface area (Å²) in [6, 6.07) is 0. The highest BCUT2D eigenvalue weighted by atomic mass is 16.6. The minimum absolute atomic E-state index is 0.0157. The van der Waals surface area contributed by atoms with E-state index in [9.17, 15) is 4.79 Å².